The number of hydrogen-bond donors (Lipinski definition) is 2. The second-order valence-electron chi connectivity index (χ2n) is 14.4. The SMILES string of the molecule is c1ccc2c(c1)NC(c1ccc(-c3cc(-c4ccc(C5Nc6ccccc6S5)cc4)c(-c4ccc5ccccc5c4)nc3-c3ccc4ccccc4c3)cc1)O2. The van der Waals surface area contributed by atoms with E-state index in [4.69, 9.17) is 9.72 Å². The Morgan fingerprint density at radius 2 is 0.946 bits per heavy atom. The van der Waals surface area contributed by atoms with Gasteiger partial charge < -0.3 is 15.4 Å². The van der Waals surface area contributed by atoms with Crippen LogP contribution >= 0.6 is 11.8 Å². The van der Waals surface area contributed by atoms with Gasteiger partial charge in [0.25, 0.3) is 0 Å². The second kappa shape index (κ2) is 13.5. The van der Waals surface area contributed by atoms with Crippen LogP contribution in [0.25, 0.3) is 66.3 Å². The Kier molecular flexibility index (Phi) is 7.85. The largest absolute Gasteiger partial charge is 0.464 e. The van der Waals surface area contributed by atoms with Crippen LogP contribution in [0.4, 0.5) is 11.4 Å². The number of nitrogens with zero attached hydrogens (tertiary/aromatic N) is 1. The minimum Gasteiger partial charge on any atom is -0.464 e. The Morgan fingerprint density at radius 1 is 0.429 bits per heavy atom. The van der Waals surface area contributed by atoms with Gasteiger partial charge >= 0.3 is 0 Å². The van der Waals surface area contributed by atoms with Crippen molar-refractivity contribution in [2.75, 3.05) is 10.6 Å². The monoisotopic (exact) mass is 737 g/mol. The minimum absolute atomic E-state index is 0.162. The van der Waals surface area contributed by atoms with Gasteiger partial charge in [-0.15, -0.1) is 0 Å². The molecule has 0 saturated heterocycles. The molecule has 2 N–H and O–H groups in total. The van der Waals surface area contributed by atoms with Crippen LogP contribution in [0.3, 0.4) is 0 Å². The van der Waals surface area contributed by atoms with E-state index in [0.29, 0.717) is 0 Å². The van der Waals surface area contributed by atoms with Crippen LogP contribution in [-0.4, -0.2) is 4.98 Å². The van der Waals surface area contributed by atoms with E-state index in [2.05, 4.69) is 180 Å². The molecule has 2 unspecified atom stereocenters. The number of ether oxygens (including phenoxy) is 1. The summed E-state index contributed by atoms with van der Waals surface area (Å²) in [5.74, 6) is 0.871. The number of benzene rings is 8. The van der Waals surface area contributed by atoms with Gasteiger partial charge in [-0.3, -0.25) is 0 Å². The van der Waals surface area contributed by atoms with Crippen molar-refractivity contribution in [1.29, 1.82) is 0 Å². The summed E-state index contributed by atoms with van der Waals surface area (Å²) < 4.78 is 6.28. The highest BCUT2D eigenvalue weighted by Crippen LogP contribution is 2.47. The Balaban J connectivity index is 1.07. The van der Waals surface area contributed by atoms with Crippen molar-refractivity contribution in [2.45, 2.75) is 16.5 Å². The van der Waals surface area contributed by atoms with Crippen LogP contribution in [-0.2, 0) is 0 Å². The number of anilines is 2. The first kappa shape index (κ1) is 32.6. The Morgan fingerprint density at radius 3 is 1.55 bits per heavy atom. The zero-order valence-electron chi connectivity index (χ0n) is 30.3. The van der Waals surface area contributed by atoms with Crippen molar-refractivity contribution >= 4 is 44.7 Å². The van der Waals surface area contributed by atoms with Crippen molar-refractivity contribution < 1.29 is 4.74 Å². The van der Waals surface area contributed by atoms with Gasteiger partial charge in [0.15, 0.2) is 6.23 Å². The lowest BCUT2D eigenvalue weighted by Crippen LogP contribution is -2.09. The topological polar surface area (TPSA) is 46.2 Å². The van der Waals surface area contributed by atoms with Crippen molar-refractivity contribution in [1.82, 2.24) is 4.98 Å². The second-order valence-corrected chi connectivity index (χ2v) is 15.6. The summed E-state index contributed by atoms with van der Waals surface area (Å²) in [4.78, 5) is 6.96. The molecule has 5 heteroatoms. The normalized spacial score (nSPS) is 15.5. The van der Waals surface area contributed by atoms with E-state index in [1.807, 2.05) is 30.0 Å². The van der Waals surface area contributed by atoms with Crippen molar-refractivity contribution in [3.63, 3.8) is 0 Å². The Hall–Kier alpha value is -6.82. The predicted molar refractivity (Wildman–Crippen MR) is 233 cm³/mol. The molecule has 0 fully saturated rings. The molecule has 0 aliphatic carbocycles. The van der Waals surface area contributed by atoms with Gasteiger partial charge in [0, 0.05) is 38.4 Å². The Bertz CT molecular complexity index is 2690. The number of thioether (sulfide) groups is 1. The molecule has 2 aliphatic heterocycles. The number of fused-ring (bicyclic) bond motifs is 4. The zero-order chi connectivity index (χ0) is 37.0. The third-order valence-corrected chi connectivity index (χ3v) is 12.2. The number of nitrogens with one attached hydrogen (secondary N) is 2. The van der Waals surface area contributed by atoms with Gasteiger partial charge in [0.1, 0.15) is 11.1 Å². The summed E-state index contributed by atoms with van der Waals surface area (Å²) >= 11 is 1.86. The predicted octanol–water partition coefficient (Wildman–Crippen LogP) is 13.8. The number of aromatic nitrogens is 1. The molecule has 9 aromatic rings. The average Bonchev–Trinajstić information content (AvgIpc) is 3.91. The molecule has 2 aliphatic rings. The maximum atomic E-state index is 6.28. The molecule has 0 amide bonds. The molecule has 8 aromatic carbocycles. The lowest BCUT2D eigenvalue weighted by molar-refractivity contribution is 0.260. The van der Waals surface area contributed by atoms with E-state index in [1.54, 1.807) is 0 Å². The van der Waals surface area contributed by atoms with Crippen LogP contribution < -0.4 is 15.4 Å². The van der Waals surface area contributed by atoms with Crippen LogP contribution in [0.2, 0.25) is 0 Å². The number of pyridine rings is 1. The summed E-state index contributed by atoms with van der Waals surface area (Å²) in [5, 5.41) is 12.2. The van der Waals surface area contributed by atoms with Gasteiger partial charge in [-0.2, -0.15) is 0 Å². The molecule has 3 heterocycles. The summed E-state index contributed by atoms with van der Waals surface area (Å²) in [7, 11) is 0. The molecule has 0 saturated carbocycles. The van der Waals surface area contributed by atoms with E-state index in [-0.39, 0.29) is 11.6 Å². The number of rotatable bonds is 6. The molecule has 1 aromatic heterocycles. The number of hydrogen-bond acceptors (Lipinski definition) is 5. The van der Waals surface area contributed by atoms with Crippen molar-refractivity contribution in [3.8, 4) is 50.5 Å². The molecule has 0 spiro atoms. The number of para-hydroxylation sites is 3. The average molecular weight is 738 g/mol. The fourth-order valence-electron chi connectivity index (χ4n) is 8.02. The summed E-state index contributed by atoms with van der Waals surface area (Å²) in [6.45, 7) is 0. The maximum absolute atomic E-state index is 6.28. The zero-order valence-corrected chi connectivity index (χ0v) is 31.1. The van der Waals surface area contributed by atoms with Gasteiger partial charge in [0.2, 0.25) is 0 Å². The van der Waals surface area contributed by atoms with Crippen LogP contribution in [0, 0.1) is 0 Å². The Labute approximate surface area is 329 Å². The standard InChI is InChI=1S/C51H35N3OS/c1-3-11-38-29-40(27-17-32(38)9-1)48-42(34-19-23-36(24-20-34)50-52-44-13-5-7-15-46(44)55-50)31-43(49(54-48)41-28-18-33-10-2-4-12-39(33)30-41)35-21-25-37(26-22-35)51-53-45-14-6-8-16-47(45)56-51/h1-31,50-53H. The molecule has 0 radical (unpaired) electrons. The first-order valence-electron chi connectivity index (χ1n) is 19.0. The molecule has 0 bridgehead atoms. The first-order valence-corrected chi connectivity index (χ1v) is 19.9. The minimum atomic E-state index is -0.246. The fourth-order valence-corrected chi connectivity index (χ4v) is 9.16. The van der Waals surface area contributed by atoms with Crippen molar-refractivity contribution in [3.05, 3.63) is 199 Å². The van der Waals surface area contributed by atoms with E-state index in [9.17, 15) is 0 Å². The van der Waals surface area contributed by atoms with Gasteiger partial charge in [-0.05, 0) is 80.7 Å². The fraction of sp³-hybridized carbons (Fsp3) is 0.0392. The van der Waals surface area contributed by atoms with E-state index in [0.717, 1.165) is 61.8 Å². The highest BCUT2D eigenvalue weighted by Gasteiger charge is 2.25. The van der Waals surface area contributed by atoms with Gasteiger partial charge in [0.05, 0.1) is 17.1 Å². The first-order chi connectivity index (χ1) is 27.7. The third kappa shape index (κ3) is 5.85. The van der Waals surface area contributed by atoms with E-state index < -0.39 is 0 Å². The third-order valence-electron chi connectivity index (χ3n) is 11.0. The summed E-state index contributed by atoms with van der Waals surface area (Å²) in [5.41, 5.74) is 12.9. The molecular weight excluding hydrogens is 703 g/mol. The van der Waals surface area contributed by atoms with Gasteiger partial charge in [-0.25, -0.2) is 4.98 Å². The molecule has 56 heavy (non-hydrogen) atoms. The quantitative estimate of drug-likeness (QED) is 0.178. The summed E-state index contributed by atoms with van der Waals surface area (Å²) in [6, 6.07) is 67.2. The van der Waals surface area contributed by atoms with Crippen LogP contribution in [0.1, 0.15) is 22.7 Å². The van der Waals surface area contributed by atoms with E-state index >= 15 is 0 Å². The van der Waals surface area contributed by atoms with E-state index in [1.165, 1.54) is 37.7 Å². The molecule has 266 valence electrons. The molecular formula is C51H35N3OS. The highest BCUT2D eigenvalue weighted by atomic mass is 32.2. The smallest absolute Gasteiger partial charge is 0.196 e. The molecule has 11 rings (SSSR count). The van der Waals surface area contributed by atoms with Crippen LogP contribution in [0.15, 0.2) is 193 Å². The lowest BCUT2D eigenvalue weighted by atomic mass is 9.90. The maximum Gasteiger partial charge on any atom is 0.196 e. The lowest BCUT2D eigenvalue weighted by Gasteiger charge is -2.19. The molecule has 2 atom stereocenters. The van der Waals surface area contributed by atoms with Crippen LogP contribution in [0.5, 0.6) is 5.75 Å². The highest BCUT2D eigenvalue weighted by molar-refractivity contribution is 8.00. The summed E-state index contributed by atoms with van der Waals surface area (Å²) in [6.07, 6.45) is -0.246. The van der Waals surface area contributed by atoms with Gasteiger partial charge in [-0.1, -0.05) is 157 Å². The molecule has 4 nitrogen and oxygen atoms in total. The van der Waals surface area contributed by atoms with Crippen molar-refractivity contribution in [2.24, 2.45) is 0 Å².